The fourth-order valence-corrected chi connectivity index (χ4v) is 8.51. The lowest BCUT2D eigenvalue weighted by molar-refractivity contribution is 1.18. The maximum absolute atomic E-state index is 2.41. The summed E-state index contributed by atoms with van der Waals surface area (Å²) in [6.07, 6.45) is 0. The number of anilines is 3. The first kappa shape index (κ1) is 27.9. The highest BCUT2D eigenvalue weighted by molar-refractivity contribution is 7.25. The predicted octanol–water partition coefficient (Wildman–Crippen LogP) is 13.4. The van der Waals surface area contributed by atoms with Crippen molar-refractivity contribution in [3.8, 4) is 16.8 Å². The molecular weight excluding hydrogens is 613 g/mol. The van der Waals surface area contributed by atoms with Gasteiger partial charge in [-0.15, -0.1) is 11.3 Å². The van der Waals surface area contributed by atoms with Gasteiger partial charge in [0.2, 0.25) is 0 Å². The van der Waals surface area contributed by atoms with Gasteiger partial charge in [-0.2, -0.15) is 0 Å². The van der Waals surface area contributed by atoms with Crippen LogP contribution in [0.4, 0.5) is 17.1 Å². The second-order valence-corrected chi connectivity index (χ2v) is 13.7. The van der Waals surface area contributed by atoms with E-state index >= 15 is 0 Å². The van der Waals surface area contributed by atoms with E-state index in [9.17, 15) is 0 Å². The number of aromatic nitrogens is 1. The van der Waals surface area contributed by atoms with Gasteiger partial charge < -0.3 is 9.47 Å². The van der Waals surface area contributed by atoms with Crippen LogP contribution in [0.15, 0.2) is 182 Å². The molecule has 0 unspecified atom stereocenters. The molecule has 0 saturated carbocycles. The van der Waals surface area contributed by atoms with Crippen molar-refractivity contribution in [2.45, 2.75) is 0 Å². The molecule has 10 rings (SSSR count). The molecule has 49 heavy (non-hydrogen) atoms. The van der Waals surface area contributed by atoms with E-state index in [1.54, 1.807) is 0 Å². The van der Waals surface area contributed by atoms with Crippen molar-refractivity contribution in [1.29, 1.82) is 0 Å². The molecule has 10 aromatic rings. The van der Waals surface area contributed by atoms with Crippen LogP contribution in [0.25, 0.3) is 69.6 Å². The molecule has 0 atom stereocenters. The third kappa shape index (κ3) is 4.62. The van der Waals surface area contributed by atoms with Crippen molar-refractivity contribution in [2.24, 2.45) is 0 Å². The van der Waals surface area contributed by atoms with E-state index < -0.39 is 0 Å². The van der Waals surface area contributed by atoms with E-state index in [4.69, 9.17) is 0 Å². The Kier molecular flexibility index (Phi) is 6.39. The molecule has 0 aliphatic carbocycles. The zero-order valence-corrected chi connectivity index (χ0v) is 27.4. The van der Waals surface area contributed by atoms with Gasteiger partial charge in [-0.05, 0) is 101 Å². The van der Waals surface area contributed by atoms with E-state index in [1.807, 2.05) is 11.3 Å². The minimum Gasteiger partial charge on any atom is -0.310 e. The zero-order valence-electron chi connectivity index (χ0n) is 26.6. The van der Waals surface area contributed by atoms with Crippen molar-refractivity contribution >= 4 is 81.1 Å². The Hall–Kier alpha value is -6.16. The highest BCUT2D eigenvalue weighted by atomic mass is 32.1. The van der Waals surface area contributed by atoms with Crippen molar-refractivity contribution in [3.63, 3.8) is 0 Å². The van der Waals surface area contributed by atoms with Gasteiger partial charge in [0.1, 0.15) is 0 Å². The summed E-state index contributed by atoms with van der Waals surface area (Å²) in [7, 11) is 0. The minimum absolute atomic E-state index is 1.12. The van der Waals surface area contributed by atoms with Gasteiger partial charge in [-0.25, -0.2) is 0 Å². The molecule has 0 N–H and O–H groups in total. The van der Waals surface area contributed by atoms with Gasteiger partial charge in [0.15, 0.2) is 0 Å². The number of hydrogen-bond acceptors (Lipinski definition) is 2. The maximum atomic E-state index is 2.41. The van der Waals surface area contributed by atoms with Crippen LogP contribution >= 0.6 is 11.3 Å². The smallest absolute Gasteiger partial charge is 0.0542 e. The predicted molar refractivity (Wildman–Crippen MR) is 211 cm³/mol. The van der Waals surface area contributed by atoms with Gasteiger partial charge in [-0.3, -0.25) is 0 Å². The summed E-state index contributed by atoms with van der Waals surface area (Å²) in [6, 6.07) is 66.3. The number of rotatable bonds is 5. The number of benzene rings is 8. The topological polar surface area (TPSA) is 8.17 Å². The van der Waals surface area contributed by atoms with Gasteiger partial charge in [-0.1, -0.05) is 103 Å². The normalized spacial score (nSPS) is 11.7. The molecule has 0 aliphatic rings. The first-order valence-electron chi connectivity index (χ1n) is 16.7. The molecule has 0 spiro atoms. The van der Waals surface area contributed by atoms with Gasteiger partial charge in [0.25, 0.3) is 0 Å². The molecule has 3 heteroatoms. The van der Waals surface area contributed by atoms with Crippen LogP contribution in [-0.2, 0) is 0 Å². The summed E-state index contributed by atoms with van der Waals surface area (Å²) in [5.41, 5.74) is 9.38. The Morgan fingerprint density at radius 3 is 1.84 bits per heavy atom. The summed E-state index contributed by atoms with van der Waals surface area (Å²) in [5.74, 6) is 0. The average molecular weight is 643 g/mol. The fourth-order valence-electron chi connectivity index (χ4n) is 7.43. The van der Waals surface area contributed by atoms with Crippen molar-refractivity contribution in [3.05, 3.63) is 182 Å². The average Bonchev–Trinajstić information content (AvgIpc) is 3.71. The Morgan fingerprint density at radius 1 is 0.367 bits per heavy atom. The van der Waals surface area contributed by atoms with Crippen LogP contribution in [-0.4, -0.2) is 4.57 Å². The van der Waals surface area contributed by atoms with Crippen LogP contribution in [0.3, 0.4) is 0 Å². The Labute approximate surface area is 288 Å². The lowest BCUT2D eigenvalue weighted by Crippen LogP contribution is -2.09. The van der Waals surface area contributed by atoms with Crippen molar-refractivity contribution in [2.75, 3.05) is 4.90 Å². The van der Waals surface area contributed by atoms with Crippen LogP contribution < -0.4 is 4.90 Å². The molecule has 0 fully saturated rings. The second kappa shape index (κ2) is 11.2. The number of nitrogens with zero attached hydrogens (tertiary/aromatic N) is 2. The van der Waals surface area contributed by atoms with E-state index in [2.05, 4.69) is 191 Å². The first-order valence-corrected chi connectivity index (χ1v) is 17.5. The number of hydrogen-bond donors (Lipinski definition) is 0. The molecule has 0 aliphatic heterocycles. The minimum atomic E-state index is 1.12. The zero-order chi connectivity index (χ0) is 32.3. The van der Waals surface area contributed by atoms with Crippen molar-refractivity contribution < 1.29 is 0 Å². The summed E-state index contributed by atoms with van der Waals surface area (Å²) < 4.78 is 5.00. The molecule has 0 bridgehead atoms. The van der Waals surface area contributed by atoms with Gasteiger partial charge in [0.05, 0.1) is 11.0 Å². The number of thiophene rings is 1. The Bertz CT molecular complexity index is 2830. The highest BCUT2D eigenvalue weighted by Gasteiger charge is 2.18. The highest BCUT2D eigenvalue weighted by Crippen LogP contribution is 2.43. The summed E-state index contributed by atoms with van der Waals surface area (Å²) in [5, 5.41) is 7.58. The summed E-state index contributed by atoms with van der Waals surface area (Å²) >= 11 is 1.86. The molecule has 8 aromatic carbocycles. The van der Waals surface area contributed by atoms with Crippen LogP contribution in [0.1, 0.15) is 0 Å². The fraction of sp³-hybridized carbons (Fsp3) is 0. The van der Waals surface area contributed by atoms with E-state index in [1.165, 1.54) is 63.9 Å². The SMILES string of the molecule is c1ccc(-n2c3ccccc3c3cc(N(c4ccc(-c5ccc6ccccc6c5)cc4)c4ccc5sc6ccccc6c5c4)ccc32)cc1. The molecular formula is C46H30N2S. The van der Waals surface area contributed by atoms with E-state index in [0.29, 0.717) is 0 Å². The molecule has 230 valence electrons. The maximum Gasteiger partial charge on any atom is 0.0542 e. The van der Waals surface area contributed by atoms with Gasteiger partial charge >= 0.3 is 0 Å². The summed E-state index contributed by atoms with van der Waals surface area (Å²) in [6.45, 7) is 0. The second-order valence-electron chi connectivity index (χ2n) is 12.6. The number of para-hydroxylation sites is 2. The lowest BCUT2D eigenvalue weighted by Gasteiger charge is -2.26. The largest absolute Gasteiger partial charge is 0.310 e. The third-order valence-corrected chi connectivity index (χ3v) is 10.9. The Balaban J connectivity index is 1.16. The third-order valence-electron chi connectivity index (χ3n) is 9.76. The van der Waals surface area contributed by atoms with Gasteiger partial charge in [0, 0.05) is 53.7 Å². The quantitative estimate of drug-likeness (QED) is 0.181. The van der Waals surface area contributed by atoms with Crippen LogP contribution in [0.2, 0.25) is 0 Å². The summed E-state index contributed by atoms with van der Waals surface area (Å²) in [4.78, 5) is 2.41. The lowest BCUT2D eigenvalue weighted by atomic mass is 10.0. The molecule has 0 radical (unpaired) electrons. The molecule has 2 nitrogen and oxygen atoms in total. The number of fused-ring (bicyclic) bond motifs is 7. The standard InChI is InChI=1S/C46H30N2S/c1-2-12-35(13-3-1)48-43-16-8-6-14-39(43)41-29-37(24-26-44(41)48)47(38-25-27-46-42(30-38)40-15-7-9-17-45(40)49-46)36-22-20-32(21-23-36)34-19-18-31-10-4-5-11-33(31)28-34/h1-30H. The molecule has 0 amide bonds. The van der Waals surface area contributed by atoms with E-state index in [-0.39, 0.29) is 0 Å². The van der Waals surface area contributed by atoms with Crippen LogP contribution in [0, 0.1) is 0 Å². The molecule has 2 heterocycles. The Morgan fingerprint density at radius 2 is 0.980 bits per heavy atom. The van der Waals surface area contributed by atoms with E-state index in [0.717, 1.165) is 22.7 Å². The molecule has 2 aromatic heterocycles. The first-order chi connectivity index (χ1) is 24.3. The van der Waals surface area contributed by atoms with Crippen molar-refractivity contribution in [1.82, 2.24) is 4.57 Å². The molecule has 0 saturated heterocycles. The monoisotopic (exact) mass is 642 g/mol. The van der Waals surface area contributed by atoms with Crippen LogP contribution in [0.5, 0.6) is 0 Å².